The number of halogens is 1. The first-order chi connectivity index (χ1) is 13.1. The molecule has 3 aromatic rings. The summed E-state index contributed by atoms with van der Waals surface area (Å²) in [5.74, 6) is -0.577. The largest absolute Gasteiger partial charge is 0.388 e. The van der Waals surface area contributed by atoms with Gasteiger partial charge in [-0.05, 0) is 48.4 Å². The van der Waals surface area contributed by atoms with E-state index >= 15 is 0 Å². The van der Waals surface area contributed by atoms with Crippen LogP contribution in [0.5, 0.6) is 0 Å². The number of hydrogen-bond donors (Lipinski definition) is 2. The van der Waals surface area contributed by atoms with Crippen LogP contribution in [0.25, 0.3) is 5.69 Å². The van der Waals surface area contributed by atoms with Crippen LogP contribution >= 0.6 is 0 Å². The highest BCUT2D eigenvalue weighted by atomic mass is 19.1. The second-order valence-electron chi connectivity index (χ2n) is 6.04. The standard InChI is InChI=1S/C21H20FN3O2/c22-17-8-10-18(11-9-17)25-14-4-7-19(25)15-23-24-21(27)13-12-20(26)16-5-2-1-3-6-16/h1-11,14-15,20,26H,12-13H2,(H,24,27)/b23-15-/t20-/m0/s1. The molecule has 0 radical (unpaired) electrons. The zero-order valence-electron chi connectivity index (χ0n) is 14.6. The number of nitrogens with zero attached hydrogens (tertiary/aromatic N) is 2. The van der Waals surface area contributed by atoms with Gasteiger partial charge in [-0.2, -0.15) is 5.10 Å². The molecule has 0 bridgehead atoms. The maximum atomic E-state index is 13.1. The second kappa shape index (κ2) is 8.91. The molecular weight excluding hydrogens is 345 g/mol. The van der Waals surface area contributed by atoms with Crippen LogP contribution in [0.1, 0.15) is 30.2 Å². The van der Waals surface area contributed by atoms with E-state index in [1.807, 2.05) is 53.2 Å². The van der Waals surface area contributed by atoms with Crippen molar-refractivity contribution in [2.24, 2.45) is 5.10 Å². The Bertz CT molecular complexity index is 905. The summed E-state index contributed by atoms with van der Waals surface area (Å²) in [5.41, 5.74) is 4.78. The number of aliphatic hydroxyl groups is 1. The Morgan fingerprint density at radius 2 is 1.85 bits per heavy atom. The summed E-state index contributed by atoms with van der Waals surface area (Å²) >= 11 is 0. The lowest BCUT2D eigenvalue weighted by Gasteiger charge is -2.09. The first kappa shape index (κ1) is 18.5. The Kier molecular flexibility index (Phi) is 6.12. The monoisotopic (exact) mass is 365 g/mol. The third-order valence-corrected chi connectivity index (χ3v) is 4.10. The minimum Gasteiger partial charge on any atom is -0.388 e. The number of aliphatic hydroxyl groups excluding tert-OH is 1. The molecule has 0 spiro atoms. The van der Waals surface area contributed by atoms with E-state index in [1.54, 1.807) is 12.1 Å². The molecule has 138 valence electrons. The highest BCUT2D eigenvalue weighted by Crippen LogP contribution is 2.17. The van der Waals surface area contributed by atoms with Gasteiger partial charge in [0.05, 0.1) is 18.0 Å². The molecule has 1 amide bonds. The number of nitrogens with one attached hydrogen (secondary N) is 1. The Morgan fingerprint density at radius 3 is 2.59 bits per heavy atom. The first-order valence-electron chi connectivity index (χ1n) is 8.62. The number of aromatic nitrogens is 1. The van der Waals surface area contributed by atoms with Crippen molar-refractivity contribution in [3.8, 4) is 5.69 Å². The summed E-state index contributed by atoms with van der Waals surface area (Å²) < 4.78 is 14.9. The van der Waals surface area contributed by atoms with E-state index < -0.39 is 6.10 Å². The number of rotatable bonds is 7. The fraction of sp³-hybridized carbons (Fsp3) is 0.143. The highest BCUT2D eigenvalue weighted by molar-refractivity contribution is 5.81. The lowest BCUT2D eigenvalue weighted by molar-refractivity contribution is -0.121. The number of carbonyl (C=O) groups is 1. The fourth-order valence-electron chi connectivity index (χ4n) is 2.67. The maximum absolute atomic E-state index is 13.1. The van der Waals surface area contributed by atoms with Crippen molar-refractivity contribution in [1.82, 2.24) is 9.99 Å². The number of amides is 1. The molecule has 0 aliphatic carbocycles. The summed E-state index contributed by atoms with van der Waals surface area (Å²) in [5, 5.41) is 14.0. The first-order valence-corrected chi connectivity index (χ1v) is 8.62. The predicted molar refractivity (Wildman–Crippen MR) is 102 cm³/mol. The van der Waals surface area contributed by atoms with Crippen LogP contribution in [0.2, 0.25) is 0 Å². The van der Waals surface area contributed by atoms with Crippen molar-refractivity contribution in [2.75, 3.05) is 0 Å². The molecule has 1 heterocycles. The van der Waals surface area contributed by atoms with E-state index in [9.17, 15) is 14.3 Å². The summed E-state index contributed by atoms with van der Waals surface area (Å²) in [6, 6.07) is 19.0. The number of benzene rings is 2. The molecule has 0 fully saturated rings. The Labute approximate surface area is 156 Å². The lowest BCUT2D eigenvalue weighted by Crippen LogP contribution is -2.18. The van der Waals surface area contributed by atoms with Crippen LogP contribution in [0.3, 0.4) is 0 Å². The van der Waals surface area contributed by atoms with Crippen LogP contribution in [0.4, 0.5) is 4.39 Å². The number of hydrazone groups is 1. The fourth-order valence-corrected chi connectivity index (χ4v) is 2.67. The topological polar surface area (TPSA) is 66.6 Å². The number of carbonyl (C=O) groups excluding carboxylic acids is 1. The van der Waals surface area contributed by atoms with Gasteiger partial charge >= 0.3 is 0 Å². The van der Waals surface area contributed by atoms with Gasteiger partial charge in [-0.1, -0.05) is 30.3 Å². The van der Waals surface area contributed by atoms with Crippen LogP contribution in [0.15, 0.2) is 78.0 Å². The van der Waals surface area contributed by atoms with Gasteiger partial charge in [-0.25, -0.2) is 9.82 Å². The minimum absolute atomic E-state index is 0.159. The molecule has 2 aromatic carbocycles. The molecule has 0 aliphatic heterocycles. The SMILES string of the molecule is O=C(CC[C@H](O)c1ccccc1)N/N=C\c1cccn1-c1ccc(F)cc1. The van der Waals surface area contributed by atoms with Crippen LogP contribution < -0.4 is 5.43 Å². The van der Waals surface area contributed by atoms with E-state index in [2.05, 4.69) is 10.5 Å². The summed E-state index contributed by atoms with van der Waals surface area (Å²) in [4.78, 5) is 11.9. The van der Waals surface area contributed by atoms with E-state index in [-0.39, 0.29) is 18.1 Å². The van der Waals surface area contributed by atoms with Crippen molar-refractivity contribution in [1.29, 1.82) is 0 Å². The third-order valence-electron chi connectivity index (χ3n) is 4.10. The van der Waals surface area contributed by atoms with Gasteiger partial charge in [0.25, 0.3) is 0 Å². The van der Waals surface area contributed by atoms with Crippen LogP contribution in [0, 0.1) is 5.82 Å². The van der Waals surface area contributed by atoms with Gasteiger partial charge in [0.15, 0.2) is 0 Å². The molecule has 3 rings (SSSR count). The van der Waals surface area contributed by atoms with E-state index in [0.717, 1.165) is 16.9 Å². The average Bonchev–Trinajstić information content (AvgIpc) is 3.16. The predicted octanol–water partition coefficient (Wildman–Crippen LogP) is 3.58. The van der Waals surface area contributed by atoms with Crippen LogP contribution in [-0.2, 0) is 4.79 Å². The molecule has 5 nitrogen and oxygen atoms in total. The molecule has 27 heavy (non-hydrogen) atoms. The molecule has 2 N–H and O–H groups in total. The molecule has 0 saturated carbocycles. The van der Waals surface area contributed by atoms with E-state index in [1.165, 1.54) is 18.3 Å². The average molecular weight is 365 g/mol. The van der Waals surface area contributed by atoms with Crippen LogP contribution in [-0.4, -0.2) is 21.8 Å². The molecular formula is C21H20FN3O2. The molecule has 0 unspecified atom stereocenters. The highest BCUT2D eigenvalue weighted by Gasteiger charge is 2.09. The van der Waals surface area contributed by atoms with Crippen molar-refractivity contribution < 1.29 is 14.3 Å². The van der Waals surface area contributed by atoms with E-state index in [4.69, 9.17) is 0 Å². The molecule has 1 atom stereocenters. The zero-order chi connectivity index (χ0) is 19.1. The van der Waals surface area contributed by atoms with Gasteiger partial charge in [0.1, 0.15) is 5.82 Å². The van der Waals surface area contributed by atoms with Crippen molar-refractivity contribution in [2.45, 2.75) is 18.9 Å². The van der Waals surface area contributed by atoms with Gasteiger partial charge in [-0.3, -0.25) is 4.79 Å². The molecule has 1 aromatic heterocycles. The second-order valence-corrected chi connectivity index (χ2v) is 6.04. The van der Waals surface area contributed by atoms with Crippen molar-refractivity contribution in [3.63, 3.8) is 0 Å². The molecule has 0 saturated heterocycles. The van der Waals surface area contributed by atoms with E-state index in [0.29, 0.717) is 6.42 Å². The Morgan fingerprint density at radius 1 is 1.11 bits per heavy atom. The normalized spacial score (nSPS) is 12.2. The van der Waals surface area contributed by atoms with Crippen molar-refractivity contribution in [3.05, 3.63) is 90.0 Å². The Hall–Kier alpha value is -3.25. The van der Waals surface area contributed by atoms with Gasteiger partial charge in [0.2, 0.25) is 5.91 Å². The maximum Gasteiger partial charge on any atom is 0.240 e. The minimum atomic E-state index is -0.684. The quantitative estimate of drug-likeness (QED) is 0.496. The summed E-state index contributed by atoms with van der Waals surface area (Å²) in [7, 11) is 0. The van der Waals surface area contributed by atoms with Gasteiger partial charge < -0.3 is 9.67 Å². The summed E-state index contributed by atoms with van der Waals surface area (Å²) in [6.45, 7) is 0. The summed E-state index contributed by atoms with van der Waals surface area (Å²) in [6.07, 6.45) is 3.14. The van der Waals surface area contributed by atoms with Gasteiger partial charge in [0, 0.05) is 18.3 Å². The zero-order valence-corrected chi connectivity index (χ0v) is 14.6. The molecule has 6 heteroatoms. The molecule has 0 aliphatic rings. The lowest BCUT2D eigenvalue weighted by atomic mass is 10.1. The number of hydrogen-bond acceptors (Lipinski definition) is 3. The van der Waals surface area contributed by atoms with Crippen molar-refractivity contribution >= 4 is 12.1 Å². The Balaban J connectivity index is 1.53. The third kappa shape index (κ3) is 5.12. The smallest absolute Gasteiger partial charge is 0.240 e. The van der Waals surface area contributed by atoms with Gasteiger partial charge in [-0.15, -0.1) is 0 Å².